The second-order valence-corrected chi connectivity index (χ2v) is 6.90. The van der Waals surface area contributed by atoms with Crippen LogP contribution in [-0.2, 0) is 11.3 Å². The number of fused-ring (bicyclic) bond motifs is 1. The number of pyridine rings is 1. The van der Waals surface area contributed by atoms with Gasteiger partial charge in [0.15, 0.2) is 11.6 Å². The Bertz CT molecular complexity index is 1200. The molecule has 1 amide bonds. The van der Waals surface area contributed by atoms with Crippen LogP contribution < -0.4 is 10.3 Å². The van der Waals surface area contributed by atoms with Gasteiger partial charge in [-0.1, -0.05) is 12.1 Å². The monoisotopic (exact) mass is 398 g/mol. The van der Waals surface area contributed by atoms with Crippen molar-refractivity contribution in [2.75, 3.05) is 11.4 Å². The Hall–Kier alpha value is -3.55. The molecule has 2 heterocycles. The minimum Gasteiger partial charge on any atom is -0.477 e. The highest BCUT2D eigenvalue weighted by Gasteiger charge is 2.21. The molecule has 1 aromatic heterocycles. The third-order valence-corrected chi connectivity index (χ3v) is 5.03. The number of carbonyl (C=O) groups is 2. The number of carboxylic acids is 1. The smallest absolute Gasteiger partial charge is 0.341 e. The van der Waals surface area contributed by atoms with Gasteiger partial charge in [-0.25, -0.2) is 13.6 Å². The maximum absolute atomic E-state index is 13.8. The number of rotatable bonds is 4. The Morgan fingerprint density at radius 2 is 1.76 bits per heavy atom. The fourth-order valence-corrected chi connectivity index (χ4v) is 3.57. The SMILES string of the molecule is O=C(O)c1cn(Cc2ccc(N3CCCC3=O)cc2)c2cc(F)c(F)cc2c1=O. The summed E-state index contributed by atoms with van der Waals surface area (Å²) in [5.74, 6) is -3.73. The molecule has 4 rings (SSSR count). The lowest BCUT2D eigenvalue weighted by Crippen LogP contribution is -2.23. The molecule has 29 heavy (non-hydrogen) atoms. The second kappa shape index (κ2) is 7.12. The van der Waals surface area contributed by atoms with Crippen LogP contribution in [0, 0.1) is 11.6 Å². The van der Waals surface area contributed by atoms with Crippen molar-refractivity contribution in [3.8, 4) is 0 Å². The molecular weight excluding hydrogens is 382 g/mol. The summed E-state index contributed by atoms with van der Waals surface area (Å²) in [6, 6.07) is 8.70. The molecular formula is C21H16F2N2O4. The molecule has 6 nitrogen and oxygen atoms in total. The molecule has 1 saturated heterocycles. The first kappa shape index (κ1) is 18.8. The summed E-state index contributed by atoms with van der Waals surface area (Å²) < 4.78 is 28.8. The number of carbonyl (C=O) groups excluding carboxylic acids is 1. The van der Waals surface area contributed by atoms with Gasteiger partial charge in [0.25, 0.3) is 0 Å². The first-order valence-corrected chi connectivity index (χ1v) is 9.00. The van der Waals surface area contributed by atoms with E-state index < -0.39 is 28.6 Å². The Kier molecular flexibility index (Phi) is 4.62. The lowest BCUT2D eigenvalue weighted by atomic mass is 10.1. The number of benzene rings is 2. The molecule has 0 radical (unpaired) electrons. The predicted octanol–water partition coefficient (Wildman–Crippen LogP) is 3.15. The Labute approximate surface area is 163 Å². The van der Waals surface area contributed by atoms with Crippen LogP contribution in [0.5, 0.6) is 0 Å². The van der Waals surface area contributed by atoms with Crippen molar-refractivity contribution in [2.45, 2.75) is 19.4 Å². The molecule has 1 N–H and O–H groups in total. The van der Waals surface area contributed by atoms with Crippen LogP contribution >= 0.6 is 0 Å². The summed E-state index contributed by atoms with van der Waals surface area (Å²) in [5, 5.41) is 9.10. The van der Waals surface area contributed by atoms with E-state index in [4.69, 9.17) is 0 Å². The van der Waals surface area contributed by atoms with E-state index in [9.17, 15) is 28.3 Å². The zero-order valence-corrected chi connectivity index (χ0v) is 15.2. The summed E-state index contributed by atoms with van der Waals surface area (Å²) in [6.45, 7) is 0.797. The van der Waals surface area contributed by atoms with Gasteiger partial charge in [0.05, 0.1) is 5.52 Å². The lowest BCUT2D eigenvalue weighted by Gasteiger charge is -2.17. The van der Waals surface area contributed by atoms with Crippen molar-refractivity contribution in [3.63, 3.8) is 0 Å². The molecule has 148 valence electrons. The van der Waals surface area contributed by atoms with Crippen molar-refractivity contribution in [3.05, 3.63) is 75.6 Å². The molecule has 0 unspecified atom stereocenters. The van der Waals surface area contributed by atoms with Gasteiger partial charge < -0.3 is 14.6 Å². The lowest BCUT2D eigenvalue weighted by molar-refractivity contribution is -0.117. The maximum atomic E-state index is 13.8. The van der Waals surface area contributed by atoms with E-state index in [0.29, 0.717) is 13.0 Å². The topological polar surface area (TPSA) is 79.6 Å². The minimum absolute atomic E-state index is 0.0627. The van der Waals surface area contributed by atoms with E-state index in [-0.39, 0.29) is 23.4 Å². The van der Waals surface area contributed by atoms with Crippen molar-refractivity contribution in [1.29, 1.82) is 0 Å². The molecule has 0 spiro atoms. The van der Waals surface area contributed by atoms with Crippen LogP contribution in [0.3, 0.4) is 0 Å². The highest BCUT2D eigenvalue weighted by Crippen LogP contribution is 2.23. The first-order valence-electron chi connectivity index (χ1n) is 9.00. The fourth-order valence-electron chi connectivity index (χ4n) is 3.57. The summed E-state index contributed by atoms with van der Waals surface area (Å²) in [5.41, 5.74) is 0.206. The third kappa shape index (κ3) is 3.37. The molecule has 8 heteroatoms. The molecule has 0 aliphatic carbocycles. The Morgan fingerprint density at radius 1 is 1.07 bits per heavy atom. The first-order chi connectivity index (χ1) is 13.8. The normalized spacial score (nSPS) is 14.0. The largest absolute Gasteiger partial charge is 0.477 e. The van der Waals surface area contributed by atoms with Gasteiger partial charge in [-0.3, -0.25) is 9.59 Å². The van der Waals surface area contributed by atoms with Gasteiger partial charge in [-0.05, 0) is 30.2 Å². The van der Waals surface area contributed by atoms with Crippen LogP contribution in [0.15, 0.2) is 47.4 Å². The van der Waals surface area contributed by atoms with Crippen molar-refractivity contribution in [2.24, 2.45) is 0 Å². The number of carboxylic acid groups (broad SMARTS) is 1. The molecule has 2 aromatic carbocycles. The molecule has 1 aliphatic heterocycles. The number of aromatic nitrogens is 1. The number of amides is 1. The van der Waals surface area contributed by atoms with Crippen LogP contribution in [0.2, 0.25) is 0 Å². The predicted molar refractivity (Wildman–Crippen MR) is 102 cm³/mol. The second-order valence-electron chi connectivity index (χ2n) is 6.90. The zero-order chi connectivity index (χ0) is 20.7. The van der Waals surface area contributed by atoms with Crippen LogP contribution in [-0.4, -0.2) is 28.1 Å². The number of halogens is 2. The average molecular weight is 398 g/mol. The van der Waals surface area contributed by atoms with Crippen molar-refractivity contribution in [1.82, 2.24) is 4.57 Å². The van der Waals surface area contributed by atoms with E-state index in [0.717, 1.165) is 36.0 Å². The molecule has 3 aromatic rings. The van der Waals surface area contributed by atoms with Gasteiger partial charge in [-0.15, -0.1) is 0 Å². The summed E-state index contributed by atoms with van der Waals surface area (Å²) in [7, 11) is 0. The molecule has 1 aliphatic rings. The van der Waals surface area contributed by atoms with Crippen LogP contribution in [0.4, 0.5) is 14.5 Å². The summed E-state index contributed by atoms with van der Waals surface area (Å²) in [4.78, 5) is 37.3. The van der Waals surface area contributed by atoms with E-state index >= 15 is 0 Å². The van der Waals surface area contributed by atoms with E-state index in [1.165, 1.54) is 4.57 Å². The summed E-state index contributed by atoms with van der Waals surface area (Å²) >= 11 is 0. The van der Waals surface area contributed by atoms with E-state index in [2.05, 4.69) is 0 Å². The van der Waals surface area contributed by atoms with E-state index in [1.54, 1.807) is 29.2 Å². The van der Waals surface area contributed by atoms with Crippen LogP contribution in [0.1, 0.15) is 28.8 Å². The average Bonchev–Trinajstić information content (AvgIpc) is 3.12. The summed E-state index contributed by atoms with van der Waals surface area (Å²) in [6.07, 6.45) is 2.46. The number of anilines is 1. The van der Waals surface area contributed by atoms with Gasteiger partial charge in [-0.2, -0.15) is 0 Å². The van der Waals surface area contributed by atoms with Gasteiger partial charge in [0, 0.05) is 42.8 Å². The number of aromatic carboxylic acids is 1. The highest BCUT2D eigenvalue weighted by molar-refractivity contribution is 5.95. The molecule has 1 fully saturated rings. The Morgan fingerprint density at radius 3 is 2.38 bits per heavy atom. The number of hydrogen-bond donors (Lipinski definition) is 1. The van der Waals surface area contributed by atoms with E-state index in [1.807, 2.05) is 0 Å². The number of hydrogen-bond acceptors (Lipinski definition) is 3. The molecule has 0 saturated carbocycles. The quantitative estimate of drug-likeness (QED) is 0.732. The standard InChI is InChI=1S/C21H16F2N2O4/c22-16-8-14-18(9-17(16)23)24(11-15(20(14)27)21(28)29)10-12-3-5-13(6-4-12)25-7-1-2-19(25)26/h3-6,8-9,11H,1-2,7,10H2,(H,28,29). The zero-order valence-electron chi connectivity index (χ0n) is 15.2. The highest BCUT2D eigenvalue weighted by atomic mass is 19.2. The molecule has 0 bridgehead atoms. The maximum Gasteiger partial charge on any atom is 0.341 e. The fraction of sp³-hybridized carbons (Fsp3) is 0.190. The van der Waals surface area contributed by atoms with Crippen molar-refractivity contribution < 1.29 is 23.5 Å². The van der Waals surface area contributed by atoms with Gasteiger partial charge >= 0.3 is 5.97 Å². The van der Waals surface area contributed by atoms with Gasteiger partial charge in [0.2, 0.25) is 11.3 Å². The molecule has 0 atom stereocenters. The third-order valence-electron chi connectivity index (χ3n) is 5.03. The number of nitrogens with zero attached hydrogens (tertiary/aromatic N) is 2. The van der Waals surface area contributed by atoms with Gasteiger partial charge in [0.1, 0.15) is 5.56 Å². The van der Waals surface area contributed by atoms with Crippen molar-refractivity contribution >= 4 is 28.5 Å². The van der Waals surface area contributed by atoms with Crippen LogP contribution in [0.25, 0.3) is 10.9 Å². The Balaban J connectivity index is 1.76. The minimum atomic E-state index is -1.45.